The molecule has 4 rings (SSSR count). The molecule has 2 aliphatic rings. The van der Waals surface area contributed by atoms with Gasteiger partial charge in [-0.3, -0.25) is 4.79 Å². The Hall–Kier alpha value is -1.92. The minimum Gasteiger partial charge on any atom is -0.366 e. The SMILES string of the molecule is CN1CCO[C@@H](C(=O)Nc2ccc3c(c2)nc(C2CC2)n3C)C1. The number of carbonyl (C=O) groups excluding carboxylic acids is 1. The number of anilines is 1. The molecule has 0 radical (unpaired) electrons. The van der Waals surface area contributed by atoms with Crippen molar-refractivity contribution in [1.82, 2.24) is 14.5 Å². The molecule has 6 nitrogen and oxygen atoms in total. The molecule has 23 heavy (non-hydrogen) atoms. The largest absolute Gasteiger partial charge is 0.366 e. The number of nitrogens with one attached hydrogen (secondary N) is 1. The monoisotopic (exact) mass is 314 g/mol. The molecular weight excluding hydrogens is 292 g/mol. The molecule has 1 amide bonds. The number of fused-ring (bicyclic) bond motifs is 1. The fourth-order valence-corrected chi connectivity index (χ4v) is 3.16. The van der Waals surface area contributed by atoms with Crippen molar-refractivity contribution < 1.29 is 9.53 Å². The van der Waals surface area contributed by atoms with E-state index in [2.05, 4.69) is 21.8 Å². The third-order valence-corrected chi connectivity index (χ3v) is 4.69. The Bertz CT molecular complexity index is 750. The molecule has 0 bridgehead atoms. The Morgan fingerprint density at radius 2 is 2.17 bits per heavy atom. The van der Waals surface area contributed by atoms with Crippen molar-refractivity contribution in [2.45, 2.75) is 24.9 Å². The van der Waals surface area contributed by atoms with Crippen molar-refractivity contribution in [3.05, 3.63) is 24.0 Å². The topological polar surface area (TPSA) is 59.4 Å². The highest BCUT2D eigenvalue weighted by atomic mass is 16.5. The standard InChI is InChI=1S/C17H22N4O2/c1-20-7-8-23-15(10-20)17(22)18-12-5-6-14-13(9-12)19-16(21(14)2)11-3-4-11/h5-6,9,11,15H,3-4,7-8,10H2,1-2H3,(H,18,22)/t15-/m1/s1. The van der Waals surface area contributed by atoms with E-state index >= 15 is 0 Å². The summed E-state index contributed by atoms with van der Waals surface area (Å²) in [7, 11) is 4.06. The molecular formula is C17H22N4O2. The van der Waals surface area contributed by atoms with Gasteiger partial charge in [0.2, 0.25) is 0 Å². The van der Waals surface area contributed by atoms with Crippen molar-refractivity contribution in [3.8, 4) is 0 Å². The van der Waals surface area contributed by atoms with Crippen molar-refractivity contribution in [1.29, 1.82) is 0 Å². The van der Waals surface area contributed by atoms with E-state index in [0.29, 0.717) is 19.1 Å². The molecule has 2 fully saturated rings. The second-order valence-corrected chi connectivity index (χ2v) is 6.62. The minimum absolute atomic E-state index is 0.0887. The molecule has 0 unspecified atom stereocenters. The average molecular weight is 314 g/mol. The smallest absolute Gasteiger partial charge is 0.254 e. The van der Waals surface area contributed by atoms with Gasteiger partial charge < -0.3 is 19.5 Å². The Kier molecular flexibility index (Phi) is 3.58. The number of ether oxygens (including phenoxy) is 1. The number of rotatable bonds is 3. The quantitative estimate of drug-likeness (QED) is 0.937. The van der Waals surface area contributed by atoms with E-state index in [-0.39, 0.29) is 5.91 Å². The number of aryl methyl sites for hydroxylation is 1. The zero-order valence-corrected chi connectivity index (χ0v) is 13.6. The Morgan fingerprint density at radius 1 is 1.35 bits per heavy atom. The summed E-state index contributed by atoms with van der Waals surface area (Å²) in [5.74, 6) is 1.67. The van der Waals surface area contributed by atoms with Gasteiger partial charge in [0.1, 0.15) is 11.9 Å². The highest BCUT2D eigenvalue weighted by Gasteiger charge is 2.29. The zero-order valence-electron chi connectivity index (χ0n) is 13.6. The van der Waals surface area contributed by atoms with E-state index in [1.165, 1.54) is 12.8 Å². The number of likely N-dealkylation sites (N-methyl/N-ethyl adjacent to an activating group) is 1. The molecule has 1 N–H and O–H groups in total. The van der Waals surface area contributed by atoms with Crippen LogP contribution in [0.1, 0.15) is 24.6 Å². The van der Waals surface area contributed by atoms with Crippen LogP contribution < -0.4 is 5.32 Å². The number of amides is 1. The Labute approximate surface area is 135 Å². The van der Waals surface area contributed by atoms with Gasteiger partial charge in [0.15, 0.2) is 0 Å². The number of hydrogen-bond acceptors (Lipinski definition) is 4. The number of imidazole rings is 1. The van der Waals surface area contributed by atoms with Gasteiger partial charge in [-0.25, -0.2) is 4.98 Å². The summed E-state index contributed by atoms with van der Waals surface area (Å²) >= 11 is 0. The number of hydrogen-bond donors (Lipinski definition) is 1. The summed E-state index contributed by atoms with van der Waals surface area (Å²) in [6.07, 6.45) is 2.05. The Balaban J connectivity index is 1.53. The van der Waals surface area contributed by atoms with Crippen LogP contribution in [-0.2, 0) is 16.6 Å². The summed E-state index contributed by atoms with van der Waals surface area (Å²) in [5.41, 5.74) is 2.83. The number of nitrogens with zero attached hydrogens (tertiary/aromatic N) is 3. The molecule has 1 aromatic heterocycles. The van der Waals surface area contributed by atoms with Crippen LogP contribution in [0, 0.1) is 0 Å². The van der Waals surface area contributed by atoms with Crippen LogP contribution in [0.2, 0.25) is 0 Å². The number of benzene rings is 1. The predicted octanol–water partition coefficient (Wildman–Crippen LogP) is 1.72. The summed E-state index contributed by atoms with van der Waals surface area (Å²) in [6.45, 7) is 2.09. The molecule has 1 aliphatic carbocycles. The minimum atomic E-state index is -0.407. The molecule has 1 aliphatic heterocycles. The second kappa shape index (κ2) is 5.62. The van der Waals surface area contributed by atoms with E-state index in [9.17, 15) is 4.79 Å². The third-order valence-electron chi connectivity index (χ3n) is 4.69. The molecule has 1 saturated heterocycles. The molecule has 6 heteroatoms. The van der Waals surface area contributed by atoms with Gasteiger partial charge in [0, 0.05) is 31.7 Å². The maximum Gasteiger partial charge on any atom is 0.254 e. The fraction of sp³-hybridized carbons (Fsp3) is 0.529. The third kappa shape index (κ3) is 2.84. The van der Waals surface area contributed by atoms with Crippen molar-refractivity contribution in [2.24, 2.45) is 7.05 Å². The van der Waals surface area contributed by atoms with E-state index in [1.807, 2.05) is 25.2 Å². The van der Waals surface area contributed by atoms with Crippen LogP contribution in [-0.4, -0.2) is 53.2 Å². The van der Waals surface area contributed by atoms with Gasteiger partial charge in [-0.1, -0.05) is 0 Å². The lowest BCUT2D eigenvalue weighted by Gasteiger charge is -2.29. The van der Waals surface area contributed by atoms with Gasteiger partial charge in [-0.2, -0.15) is 0 Å². The van der Waals surface area contributed by atoms with Gasteiger partial charge in [0.25, 0.3) is 5.91 Å². The first kappa shape index (κ1) is 14.7. The number of carbonyl (C=O) groups is 1. The lowest BCUT2D eigenvalue weighted by molar-refractivity contribution is -0.132. The summed E-state index contributed by atoms with van der Waals surface area (Å²) in [4.78, 5) is 19.2. The van der Waals surface area contributed by atoms with Crippen molar-refractivity contribution >= 4 is 22.6 Å². The van der Waals surface area contributed by atoms with Gasteiger partial charge in [0.05, 0.1) is 17.6 Å². The normalized spacial score (nSPS) is 22.4. The van der Waals surface area contributed by atoms with Gasteiger partial charge >= 0.3 is 0 Å². The first-order chi connectivity index (χ1) is 11.1. The molecule has 2 heterocycles. The molecule has 2 aromatic rings. The lowest BCUT2D eigenvalue weighted by atomic mass is 10.2. The van der Waals surface area contributed by atoms with Crippen LogP contribution in [0.4, 0.5) is 5.69 Å². The molecule has 0 spiro atoms. The van der Waals surface area contributed by atoms with Crippen LogP contribution >= 0.6 is 0 Å². The highest BCUT2D eigenvalue weighted by molar-refractivity contribution is 5.96. The van der Waals surface area contributed by atoms with Crippen LogP contribution in [0.15, 0.2) is 18.2 Å². The second-order valence-electron chi connectivity index (χ2n) is 6.62. The summed E-state index contributed by atoms with van der Waals surface area (Å²) in [5, 5.41) is 2.96. The van der Waals surface area contributed by atoms with E-state index in [1.54, 1.807) is 0 Å². The highest BCUT2D eigenvalue weighted by Crippen LogP contribution is 2.40. The first-order valence-electron chi connectivity index (χ1n) is 8.19. The maximum atomic E-state index is 12.4. The van der Waals surface area contributed by atoms with Crippen molar-refractivity contribution in [2.75, 3.05) is 32.1 Å². The summed E-state index contributed by atoms with van der Waals surface area (Å²) in [6, 6.07) is 5.91. The van der Waals surface area contributed by atoms with E-state index in [0.717, 1.165) is 29.1 Å². The molecule has 122 valence electrons. The number of aromatic nitrogens is 2. The molecule has 1 saturated carbocycles. The zero-order chi connectivity index (χ0) is 16.0. The molecule has 1 atom stereocenters. The van der Waals surface area contributed by atoms with Crippen LogP contribution in [0.5, 0.6) is 0 Å². The maximum absolute atomic E-state index is 12.4. The van der Waals surface area contributed by atoms with Gasteiger partial charge in [-0.05, 0) is 38.1 Å². The fourth-order valence-electron chi connectivity index (χ4n) is 3.16. The Morgan fingerprint density at radius 3 is 2.91 bits per heavy atom. The number of morpholine rings is 1. The first-order valence-corrected chi connectivity index (χ1v) is 8.19. The lowest BCUT2D eigenvalue weighted by Crippen LogP contribution is -2.46. The van der Waals surface area contributed by atoms with Crippen LogP contribution in [0.25, 0.3) is 11.0 Å². The van der Waals surface area contributed by atoms with Gasteiger partial charge in [-0.15, -0.1) is 0 Å². The van der Waals surface area contributed by atoms with Crippen molar-refractivity contribution in [3.63, 3.8) is 0 Å². The predicted molar refractivity (Wildman–Crippen MR) is 88.6 cm³/mol. The summed E-state index contributed by atoms with van der Waals surface area (Å²) < 4.78 is 7.72. The van der Waals surface area contributed by atoms with E-state index < -0.39 is 6.10 Å². The molecule has 1 aromatic carbocycles. The average Bonchev–Trinajstić information content (AvgIpc) is 3.32. The van der Waals surface area contributed by atoms with Crippen LogP contribution in [0.3, 0.4) is 0 Å². The van der Waals surface area contributed by atoms with E-state index in [4.69, 9.17) is 9.72 Å².